The van der Waals surface area contributed by atoms with Gasteiger partial charge in [-0.25, -0.2) is 9.59 Å². The number of allylic oxidation sites excluding steroid dienone is 2. The molecule has 0 unspecified atom stereocenters. The zero-order chi connectivity index (χ0) is 14.6. The maximum atomic E-state index is 11.3. The van der Waals surface area contributed by atoms with Crippen molar-refractivity contribution in [3.05, 3.63) is 53.6 Å². The molecule has 100 valence electrons. The molecule has 0 aromatic heterocycles. The molecular weight excluding hydrogens is 248 g/mol. The van der Waals surface area contributed by atoms with Crippen LogP contribution in [0.2, 0.25) is 0 Å². The Hall–Kier alpha value is -2.56. The topological polar surface area (TPSA) is 94.8 Å². The summed E-state index contributed by atoms with van der Waals surface area (Å²) in [6.07, 6.45) is 3.09. The van der Waals surface area contributed by atoms with Crippen LogP contribution in [0, 0.1) is 0 Å². The molecule has 0 aliphatic heterocycles. The highest BCUT2D eigenvalue weighted by Gasteiger charge is 2.24. The van der Waals surface area contributed by atoms with Crippen molar-refractivity contribution in [2.75, 3.05) is 0 Å². The van der Waals surface area contributed by atoms with Crippen LogP contribution < -0.4 is 0 Å². The summed E-state index contributed by atoms with van der Waals surface area (Å²) in [6.45, 7) is 6.98. The lowest BCUT2D eigenvalue weighted by atomic mass is 9.91. The first-order valence-electron chi connectivity index (χ1n) is 5.50. The molecule has 19 heavy (non-hydrogen) atoms. The SMILES string of the molecule is C=CCc1c(O)cc(C(=O)O)c(CC=C)c1C(=O)O. The standard InChI is InChI=1S/C14H14O5/c1-3-5-8-10(13(16)17)7-11(15)9(6-4-2)12(8)14(18)19/h3-4,7,15H,1-2,5-6H2,(H,16,17)(H,18,19). The molecule has 0 aliphatic rings. The first kappa shape index (κ1) is 14.5. The molecule has 0 heterocycles. The Balaban J connectivity index is 3.74. The zero-order valence-corrected chi connectivity index (χ0v) is 10.2. The Bertz CT molecular complexity index is 557. The van der Waals surface area contributed by atoms with Crippen LogP contribution in [0.25, 0.3) is 0 Å². The number of phenols is 1. The molecule has 0 atom stereocenters. The molecule has 1 aromatic carbocycles. The van der Waals surface area contributed by atoms with E-state index in [2.05, 4.69) is 13.2 Å². The van der Waals surface area contributed by atoms with Gasteiger partial charge in [0.25, 0.3) is 0 Å². The zero-order valence-electron chi connectivity index (χ0n) is 10.2. The summed E-state index contributed by atoms with van der Waals surface area (Å²) < 4.78 is 0. The van der Waals surface area contributed by atoms with E-state index < -0.39 is 11.9 Å². The number of carbonyl (C=O) groups is 2. The Morgan fingerprint density at radius 1 is 1.05 bits per heavy atom. The fraction of sp³-hybridized carbons (Fsp3) is 0.143. The minimum atomic E-state index is -1.29. The average Bonchev–Trinajstić information content (AvgIpc) is 2.32. The third-order valence-electron chi connectivity index (χ3n) is 2.66. The normalized spacial score (nSPS) is 9.89. The predicted octanol–water partition coefficient (Wildman–Crippen LogP) is 2.25. The highest BCUT2D eigenvalue weighted by atomic mass is 16.4. The van der Waals surface area contributed by atoms with Gasteiger partial charge in [0, 0.05) is 5.56 Å². The van der Waals surface area contributed by atoms with E-state index in [0.717, 1.165) is 6.07 Å². The van der Waals surface area contributed by atoms with Gasteiger partial charge in [-0.05, 0) is 24.5 Å². The molecule has 5 nitrogen and oxygen atoms in total. The Morgan fingerprint density at radius 2 is 1.58 bits per heavy atom. The highest BCUT2D eigenvalue weighted by molar-refractivity contribution is 5.99. The lowest BCUT2D eigenvalue weighted by Gasteiger charge is -2.14. The first-order chi connectivity index (χ1) is 8.93. The van der Waals surface area contributed by atoms with Crippen molar-refractivity contribution in [2.24, 2.45) is 0 Å². The third kappa shape index (κ3) is 2.82. The van der Waals surface area contributed by atoms with Crippen LogP contribution in [0.1, 0.15) is 31.8 Å². The van der Waals surface area contributed by atoms with E-state index in [4.69, 9.17) is 5.11 Å². The number of aromatic hydroxyl groups is 1. The Labute approximate surface area is 110 Å². The van der Waals surface area contributed by atoms with E-state index in [1.165, 1.54) is 12.2 Å². The number of benzene rings is 1. The van der Waals surface area contributed by atoms with E-state index in [9.17, 15) is 19.8 Å². The van der Waals surface area contributed by atoms with Gasteiger partial charge in [-0.15, -0.1) is 13.2 Å². The number of rotatable bonds is 6. The summed E-state index contributed by atoms with van der Waals surface area (Å²) >= 11 is 0. The van der Waals surface area contributed by atoms with Crippen LogP contribution in [0.3, 0.4) is 0 Å². The third-order valence-corrected chi connectivity index (χ3v) is 2.66. The second kappa shape index (κ2) is 5.86. The predicted molar refractivity (Wildman–Crippen MR) is 69.8 cm³/mol. The van der Waals surface area contributed by atoms with Gasteiger partial charge in [-0.2, -0.15) is 0 Å². The largest absolute Gasteiger partial charge is 0.508 e. The van der Waals surface area contributed by atoms with Crippen LogP contribution in [0.15, 0.2) is 31.4 Å². The molecule has 0 saturated carbocycles. The summed E-state index contributed by atoms with van der Waals surface area (Å²) in [5.41, 5.74) is -0.145. The summed E-state index contributed by atoms with van der Waals surface area (Å²) in [7, 11) is 0. The molecule has 0 amide bonds. The molecule has 0 radical (unpaired) electrons. The number of carboxylic acid groups (broad SMARTS) is 2. The van der Waals surface area contributed by atoms with Crippen molar-refractivity contribution in [1.82, 2.24) is 0 Å². The van der Waals surface area contributed by atoms with Gasteiger partial charge in [0.15, 0.2) is 0 Å². The minimum absolute atomic E-state index is 0.0910. The molecule has 0 aliphatic carbocycles. The smallest absolute Gasteiger partial charge is 0.336 e. The summed E-state index contributed by atoms with van der Waals surface area (Å²) in [6, 6.07) is 1.06. The van der Waals surface area contributed by atoms with E-state index >= 15 is 0 Å². The molecule has 0 fully saturated rings. The van der Waals surface area contributed by atoms with Gasteiger partial charge in [0.05, 0.1) is 11.1 Å². The number of phenolic OH excluding ortho intramolecular Hbond substituents is 1. The molecule has 3 N–H and O–H groups in total. The second-order valence-electron chi connectivity index (χ2n) is 3.87. The van der Waals surface area contributed by atoms with Crippen LogP contribution in [-0.2, 0) is 12.8 Å². The second-order valence-corrected chi connectivity index (χ2v) is 3.87. The molecule has 1 rings (SSSR count). The first-order valence-corrected chi connectivity index (χ1v) is 5.50. The van der Waals surface area contributed by atoms with Crippen molar-refractivity contribution in [3.63, 3.8) is 0 Å². The molecule has 5 heteroatoms. The number of hydrogen-bond acceptors (Lipinski definition) is 3. The van der Waals surface area contributed by atoms with Gasteiger partial charge in [-0.3, -0.25) is 0 Å². The van der Waals surface area contributed by atoms with Crippen molar-refractivity contribution >= 4 is 11.9 Å². The summed E-state index contributed by atoms with van der Waals surface area (Å²) in [4.78, 5) is 22.5. The van der Waals surface area contributed by atoms with Gasteiger partial charge < -0.3 is 15.3 Å². The van der Waals surface area contributed by atoms with Crippen LogP contribution in [0.4, 0.5) is 0 Å². The van der Waals surface area contributed by atoms with Gasteiger partial charge >= 0.3 is 11.9 Å². The van der Waals surface area contributed by atoms with Crippen LogP contribution >= 0.6 is 0 Å². The van der Waals surface area contributed by atoms with E-state index in [1.54, 1.807) is 0 Å². The van der Waals surface area contributed by atoms with Gasteiger partial charge in [-0.1, -0.05) is 12.2 Å². The van der Waals surface area contributed by atoms with Gasteiger partial charge in [0.1, 0.15) is 5.75 Å². The van der Waals surface area contributed by atoms with Crippen molar-refractivity contribution in [3.8, 4) is 5.75 Å². The lowest BCUT2D eigenvalue weighted by molar-refractivity contribution is 0.0694. The molecule has 0 saturated heterocycles. The fourth-order valence-electron chi connectivity index (χ4n) is 1.91. The number of hydrogen-bond donors (Lipinski definition) is 3. The molecular formula is C14H14O5. The maximum Gasteiger partial charge on any atom is 0.336 e. The average molecular weight is 262 g/mol. The highest BCUT2D eigenvalue weighted by Crippen LogP contribution is 2.30. The van der Waals surface area contributed by atoms with Gasteiger partial charge in [0.2, 0.25) is 0 Å². The summed E-state index contributed by atoms with van der Waals surface area (Å²) in [5, 5.41) is 28.1. The van der Waals surface area contributed by atoms with E-state index in [0.29, 0.717) is 0 Å². The monoisotopic (exact) mass is 262 g/mol. The quantitative estimate of drug-likeness (QED) is 0.683. The van der Waals surface area contributed by atoms with Crippen LogP contribution in [-0.4, -0.2) is 27.3 Å². The number of carboxylic acids is 2. The van der Waals surface area contributed by atoms with Crippen molar-refractivity contribution in [1.29, 1.82) is 0 Å². The van der Waals surface area contributed by atoms with Crippen molar-refractivity contribution in [2.45, 2.75) is 12.8 Å². The minimum Gasteiger partial charge on any atom is -0.508 e. The van der Waals surface area contributed by atoms with Crippen LogP contribution in [0.5, 0.6) is 5.75 Å². The maximum absolute atomic E-state index is 11.3. The molecule has 0 bridgehead atoms. The Morgan fingerprint density at radius 3 is 2.00 bits per heavy atom. The van der Waals surface area contributed by atoms with E-state index in [1.807, 2.05) is 0 Å². The molecule has 0 spiro atoms. The molecule has 1 aromatic rings. The fourth-order valence-corrected chi connectivity index (χ4v) is 1.91. The van der Waals surface area contributed by atoms with Crippen molar-refractivity contribution < 1.29 is 24.9 Å². The Kier molecular flexibility index (Phi) is 4.47. The summed E-state index contributed by atoms with van der Waals surface area (Å²) in [5.74, 6) is -2.94. The van der Waals surface area contributed by atoms with E-state index in [-0.39, 0.29) is 40.8 Å². The number of aromatic carboxylic acids is 2. The lowest BCUT2D eigenvalue weighted by Crippen LogP contribution is -2.13.